The predicted octanol–water partition coefficient (Wildman–Crippen LogP) is 11.5. The minimum absolute atomic E-state index is 0.798. The number of furan rings is 2. The molecule has 10 aromatic rings. The molecular weight excluding hydrogens is 564 g/mol. The van der Waals surface area contributed by atoms with Crippen molar-refractivity contribution in [2.45, 2.75) is 0 Å². The van der Waals surface area contributed by atoms with Crippen LogP contribution in [-0.2, 0) is 7.05 Å². The predicted molar refractivity (Wildman–Crippen MR) is 189 cm³/mol. The van der Waals surface area contributed by atoms with Crippen LogP contribution in [0.3, 0.4) is 0 Å². The van der Waals surface area contributed by atoms with Crippen molar-refractivity contribution in [3.05, 3.63) is 140 Å². The molecule has 0 spiro atoms. The van der Waals surface area contributed by atoms with Gasteiger partial charge in [-0.2, -0.15) is 0 Å². The van der Waals surface area contributed by atoms with E-state index in [0.29, 0.717) is 0 Å². The van der Waals surface area contributed by atoms with Crippen LogP contribution in [0.2, 0.25) is 0 Å². The number of hydrogen-bond acceptors (Lipinski definition) is 3. The summed E-state index contributed by atoms with van der Waals surface area (Å²) in [5, 5.41) is 6.74. The molecule has 4 nitrogen and oxygen atoms in total. The largest absolute Gasteiger partial charge is 0.452 e. The number of aryl methyl sites for hydroxylation is 1. The van der Waals surface area contributed by atoms with Gasteiger partial charge < -0.3 is 13.4 Å². The summed E-state index contributed by atoms with van der Waals surface area (Å²) in [6.07, 6.45) is 0. The summed E-state index contributed by atoms with van der Waals surface area (Å²) in [6.45, 7) is 0. The Balaban J connectivity index is 1.02. The summed E-state index contributed by atoms with van der Waals surface area (Å²) in [5.41, 5.74) is 11.2. The maximum absolute atomic E-state index is 6.37. The van der Waals surface area contributed by atoms with E-state index in [2.05, 4.69) is 127 Å². The molecule has 0 saturated heterocycles. The van der Waals surface area contributed by atoms with E-state index in [1.165, 1.54) is 21.9 Å². The zero-order valence-electron chi connectivity index (χ0n) is 25.0. The molecule has 3 heterocycles. The Kier molecular flexibility index (Phi) is 5.17. The molecule has 0 saturated carbocycles. The van der Waals surface area contributed by atoms with Gasteiger partial charge >= 0.3 is 0 Å². The molecule has 4 heteroatoms. The highest BCUT2D eigenvalue weighted by Crippen LogP contribution is 2.40. The smallest absolute Gasteiger partial charge is 0.178 e. The Morgan fingerprint density at radius 2 is 1.04 bits per heavy atom. The Morgan fingerprint density at radius 3 is 1.80 bits per heavy atom. The summed E-state index contributed by atoms with van der Waals surface area (Å²) < 4.78 is 14.8. The van der Waals surface area contributed by atoms with Crippen molar-refractivity contribution >= 4 is 65.7 Å². The number of benzene rings is 7. The van der Waals surface area contributed by atoms with E-state index in [-0.39, 0.29) is 0 Å². The Labute approximate surface area is 263 Å². The first-order valence-electron chi connectivity index (χ1n) is 15.5. The standard InChI is InChI=1S/C42H26N2O2/c1-44-37-19-15-31(24-36(37)43-42(44)25-7-3-2-4-8-25)29-14-12-26-21-28(13-11-27(26)22-29)30-16-20-39-35(23-30)34-18-17-33-32-9-5-6-10-38(32)45-40(33)41(34)46-39/h2-24H,1H3. The van der Waals surface area contributed by atoms with Crippen LogP contribution in [0, 0.1) is 0 Å². The lowest BCUT2D eigenvalue weighted by Crippen LogP contribution is -1.91. The zero-order valence-corrected chi connectivity index (χ0v) is 25.0. The van der Waals surface area contributed by atoms with Gasteiger partial charge in [-0.25, -0.2) is 4.98 Å². The van der Waals surface area contributed by atoms with Gasteiger partial charge in [0.25, 0.3) is 0 Å². The number of rotatable bonds is 3. The molecule has 0 N–H and O–H groups in total. The number of para-hydroxylation sites is 1. The van der Waals surface area contributed by atoms with Crippen LogP contribution in [0.15, 0.2) is 148 Å². The second-order valence-corrected chi connectivity index (χ2v) is 12.1. The van der Waals surface area contributed by atoms with E-state index >= 15 is 0 Å². The van der Waals surface area contributed by atoms with E-state index in [1.54, 1.807) is 0 Å². The van der Waals surface area contributed by atoms with E-state index < -0.39 is 0 Å². The summed E-state index contributed by atoms with van der Waals surface area (Å²) >= 11 is 0. The normalized spacial score (nSPS) is 12.0. The molecule has 0 unspecified atom stereocenters. The van der Waals surface area contributed by atoms with Gasteiger partial charge in [0.1, 0.15) is 17.0 Å². The number of aromatic nitrogens is 2. The summed E-state index contributed by atoms with van der Waals surface area (Å²) in [7, 11) is 2.08. The molecule has 3 aromatic heterocycles. The highest BCUT2D eigenvalue weighted by molar-refractivity contribution is 6.19. The highest BCUT2D eigenvalue weighted by Gasteiger charge is 2.17. The van der Waals surface area contributed by atoms with E-state index in [0.717, 1.165) is 77.4 Å². The average molecular weight is 591 g/mol. The average Bonchev–Trinajstić information content (AvgIpc) is 3.78. The van der Waals surface area contributed by atoms with Crippen LogP contribution in [0.25, 0.3) is 99.3 Å². The lowest BCUT2D eigenvalue weighted by atomic mass is 9.97. The quantitative estimate of drug-likeness (QED) is 0.206. The maximum Gasteiger partial charge on any atom is 0.178 e. The third-order valence-corrected chi connectivity index (χ3v) is 9.40. The van der Waals surface area contributed by atoms with Gasteiger partial charge in [-0.3, -0.25) is 0 Å². The molecular formula is C42H26N2O2. The SMILES string of the molecule is Cn1c(-c2ccccc2)nc2cc(-c3ccc4cc(-c5ccc6oc7c(ccc8c9ccccc9oc87)c6c5)ccc4c3)ccc21. The first kappa shape index (κ1) is 25.2. The van der Waals surface area contributed by atoms with Gasteiger partial charge in [-0.15, -0.1) is 0 Å². The minimum Gasteiger partial charge on any atom is -0.452 e. The number of nitrogens with zero attached hydrogens (tertiary/aromatic N) is 2. The first-order chi connectivity index (χ1) is 22.7. The fraction of sp³-hybridized carbons (Fsp3) is 0.0238. The number of hydrogen-bond donors (Lipinski definition) is 0. The minimum atomic E-state index is 0.798. The highest BCUT2D eigenvalue weighted by atomic mass is 16.4. The van der Waals surface area contributed by atoms with Crippen LogP contribution in [-0.4, -0.2) is 9.55 Å². The summed E-state index contributed by atoms with van der Waals surface area (Å²) in [5.74, 6) is 0.975. The van der Waals surface area contributed by atoms with Crippen molar-refractivity contribution in [3.8, 4) is 33.6 Å². The van der Waals surface area contributed by atoms with Crippen molar-refractivity contribution in [2.24, 2.45) is 7.05 Å². The molecule has 0 bridgehead atoms. The molecule has 0 amide bonds. The Morgan fingerprint density at radius 1 is 0.457 bits per heavy atom. The van der Waals surface area contributed by atoms with Gasteiger partial charge in [0.15, 0.2) is 11.2 Å². The summed E-state index contributed by atoms with van der Waals surface area (Å²) in [4.78, 5) is 4.99. The van der Waals surface area contributed by atoms with Crippen LogP contribution in [0.5, 0.6) is 0 Å². The Bertz CT molecular complexity index is 2820. The van der Waals surface area contributed by atoms with Crippen LogP contribution >= 0.6 is 0 Å². The number of imidazole rings is 1. The van der Waals surface area contributed by atoms with E-state index in [9.17, 15) is 0 Å². The van der Waals surface area contributed by atoms with Gasteiger partial charge in [0, 0.05) is 34.2 Å². The zero-order chi connectivity index (χ0) is 30.4. The van der Waals surface area contributed by atoms with Crippen molar-refractivity contribution in [3.63, 3.8) is 0 Å². The van der Waals surface area contributed by atoms with Crippen LogP contribution < -0.4 is 0 Å². The molecule has 0 radical (unpaired) electrons. The van der Waals surface area contributed by atoms with Crippen LogP contribution in [0.1, 0.15) is 0 Å². The molecule has 0 atom stereocenters. The topological polar surface area (TPSA) is 44.1 Å². The molecule has 10 rings (SSSR count). The fourth-order valence-electron chi connectivity index (χ4n) is 7.03. The first-order valence-corrected chi connectivity index (χ1v) is 15.5. The number of fused-ring (bicyclic) bond motifs is 9. The van der Waals surface area contributed by atoms with Gasteiger partial charge in [-0.05, 0) is 87.6 Å². The molecule has 0 fully saturated rings. The van der Waals surface area contributed by atoms with E-state index in [4.69, 9.17) is 13.8 Å². The van der Waals surface area contributed by atoms with Gasteiger partial charge in [-0.1, -0.05) is 84.9 Å². The second kappa shape index (κ2) is 9.43. The lowest BCUT2D eigenvalue weighted by molar-refractivity contribution is 0.633. The summed E-state index contributed by atoms with van der Waals surface area (Å²) in [6, 6.07) is 49.2. The monoisotopic (exact) mass is 590 g/mol. The van der Waals surface area contributed by atoms with E-state index in [1.807, 2.05) is 24.3 Å². The molecule has 0 aliphatic carbocycles. The lowest BCUT2D eigenvalue weighted by Gasteiger charge is -2.08. The maximum atomic E-state index is 6.37. The molecule has 46 heavy (non-hydrogen) atoms. The second-order valence-electron chi connectivity index (χ2n) is 12.1. The van der Waals surface area contributed by atoms with Gasteiger partial charge in [0.05, 0.1) is 11.0 Å². The van der Waals surface area contributed by atoms with Crippen molar-refractivity contribution in [1.29, 1.82) is 0 Å². The third kappa shape index (κ3) is 3.71. The van der Waals surface area contributed by atoms with Crippen molar-refractivity contribution < 1.29 is 8.83 Å². The van der Waals surface area contributed by atoms with Crippen molar-refractivity contribution in [2.75, 3.05) is 0 Å². The molecule has 216 valence electrons. The molecule has 7 aromatic carbocycles. The Hall–Kier alpha value is -6.13. The fourth-order valence-corrected chi connectivity index (χ4v) is 7.03. The molecule has 0 aliphatic rings. The van der Waals surface area contributed by atoms with Crippen LogP contribution in [0.4, 0.5) is 0 Å². The molecule has 0 aliphatic heterocycles. The third-order valence-electron chi connectivity index (χ3n) is 9.40. The van der Waals surface area contributed by atoms with Gasteiger partial charge in [0.2, 0.25) is 0 Å². The van der Waals surface area contributed by atoms with Crippen molar-refractivity contribution in [1.82, 2.24) is 9.55 Å².